The molecule has 0 spiro atoms. The molecule has 1 N–H and O–H groups in total. The molecule has 0 aromatic heterocycles. The molecule has 16 heavy (non-hydrogen) atoms. The zero-order valence-electron chi connectivity index (χ0n) is 8.96. The molecule has 5 heteroatoms. The smallest absolute Gasteiger partial charge is 0.347 e. The third-order valence-corrected chi connectivity index (χ3v) is 2.65. The summed E-state index contributed by atoms with van der Waals surface area (Å²) in [4.78, 5) is 11.0. The van der Waals surface area contributed by atoms with Crippen LogP contribution in [0.1, 0.15) is 20.3 Å². The Morgan fingerprint density at radius 2 is 2.25 bits per heavy atom. The summed E-state index contributed by atoms with van der Waals surface area (Å²) >= 11 is 5.56. The average Bonchev–Trinajstić information content (AvgIpc) is 2.23. The predicted octanol–water partition coefficient (Wildman–Crippen LogP) is 3.11. The minimum absolute atomic E-state index is 0.0960. The van der Waals surface area contributed by atoms with Crippen LogP contribution in [0.3, 0.4) is 0 Å². The lowest BCUT2D eigenvalue weighted by Crippen LogP contribution is -2.40. The number of hydrogen-bond donors (Lipinski definition) is 1. The maximum absolute atomic E-state index is 12.9. The summed E-state index contributed by atoms with van der Waals surface area (Å²) in [5.74, 6) is -1.41. The van der Waals surface area contributed by atoms with E-state index >= 15 is 0 Å². The quantitative estimate of drug-likeness (QED) is 0.888. The molecule has 0 aliphatic heterocycles. The molecule has 1 rings (SSSR count). The van der Waals surface area contributed by atoms with Crippen molar-refractivity contribution in [1.82, 2.24) is 0 Å². The Bertz CT molecular complexity index is 408. The van der Waals surface area contributed by atoms with Crippen LogP contribution in [0, 0.1) is 5.82 Å². The molecule has 0 heterocycles. The maximum atomic E-state index is 12.9. The average molecular weight is 247 g/mol. The summed E-state index contributed by atoms with van der Waals surface area (Å²) in [6.07, 6.45) is 0.289. The van der Waals surface area contributed by atoms with Crippen LogP contribution in [-0.2, 0) is 4.79 Å². The first-order valence-electron chi connectivity index (χ1n) is 4.76. The number of ether oxygens (including phenoxy) is 1. The first kappa shape index (κ1) is 12.8. The largest absolute Gasteiger partial charge is 0.478 e. The Kier molecular flexibility index (Phi) is 3.75. The number of carboxylic acid groups (broad SMARTS) is 1. The van der Waals surface area contributed by atoms with Crippen molar-refractivity contribution in [3.05, 3.63) is 29.0 Å². The predicted molar refractivity (Wildman–Crippen MR) is 58.4 cm³/mol. The van der Waals surface area contributed by atoms with Crippen molar-refractivity contribution in [2.75, 3.05) is 0 Å². The molecule has 0 fully saturated rings. The lowest BCUT2D eigenvalue weighted by molar-refractivity contribution is -0.154. The van der Waals surface area contributed by atoms with E-state index in [0.717, 1.165) is 6.07 Å². The van der Waals surface area contributed by atoms with Gasteiger partial charge in [0, 0.05) is 6.07 Å². The molecular weight excluding hydrogens is 235 g/mol. The molecule has 0 amide bonds. The molecule has 0 saturated heterocycles. The third-order valence-electron chi connectivity index (χ3n) is 2.36. The molecule has 0 radical (unpaired) electrons. The summed E-state index contributed by atoms with van der Waals surface area (Å²) in [6.45, 7) is 3.14. The summed E-state index contributed by atoms with van der Waals surface area (Å²) < 4.78 is 18.2. The van der Waals surface area contributed by atoms with Crippen molar-refractivity contribution >= 4 is 17.6 Å². The van der Waals surface area contributed by atoms with Crippen LogP contribution in [-0.4, -0.2) is 16.7 Å². The molecule has 1 aromatic rings. The third kappa shape index (κ3) is 2.64. The zero-order chi connectivity index (χ0) is 12.3. The number of aliphatic carboxylic acids is 1. The molecule has 3 nitrogen and oxygen atoms in total. The van der Waals surface area contributed by atoms with Crippen LogP contribution in [0.2, 0.25) is 5.02 Å². The van der Waals surface area contributed by atoms with Gasteiger partial charge in [-0.25, -0.2) is 9.18 Å². The molecule has 0 saturated carbocycles. The standard InChI is InChI=1S/C11H12ClFO3/c1-3-11(2,10(14)15)16-7-4-5-9(13)8(12)6-7/h4-6H,3H2,1-2H3,(H,14,15). The van der Waals surface area contributed by atoms with Crippen LogP contribution in [0.5, 0.6) is 5.75 Å². The highest BCUT2D eigenvalue weighted by atomic mass is 35.5. The van der Waals surface area contributed by atoms with Gasteiger partial charge in [0.05, 0.1) is 5.02 Å². The Morgan fingerprint density at radius 1 is 1.62 bits per heavy atom. The minimum atomic E-state index is -1.33. The van der Waals surface area contributed by atoms with E-state index in [-0.39, 0.29) is 17.2 Å². The van der Waals surface area contributed by atoms with Gasteiger partial charge in [-0.1, -0.05) is 18.5 Å². The van der Waals surface area contributed by atoms with Gasteiger partial charge in [0.25, 0.3) is 0 Å². The SMILES string of the molecule is CCC(C)(Oc1ccc(F)c(Cl)c1)C(=O)O. The van der Waals surface area contributed by atoms with Gasteiger partial charge in [-0.05, 0) is 25.5 Å². The van der Waals surface area contributed by atoms with E-state index in [4.69, 9.17) is 21.4 Å². The highest BCUT2D eigenvalue weighted by Gasteiger charge is 2.33. The van der Waals surface area contributed by atoms with Crippen molar-refractivity contribution in [2.24, 2.45) is 0 Å². The normalized spacial score (nSPS) is 14.2. The Balaban J connectivity index is 2.95. The first-order valence-corrected chi connectivity index (χ1v) is 5.14. The fourth-order valence-electron chi connectivity index (χ4n) is 1.07. The van der Waals surface area contributed by atoms with Crippen LogP contribution in [0.4, 0.5) is 4.39 Å². The lowest BCUT2D eigenvalue weighted by Gasteiger charge is -2.24. The number of hydrogen-bond acceptors (Lipinski definition) is 2. The van der Waals surface area contributed by atoms with E-state index in [0.29, 0.717) is 0 Å². The minimum Gasteiger partial charge on any atom is -0.478 e. The second kappa shape index (κ2) is 4.70. The van der Waals surface area contributed by atoms with Gasteiger partial charge < -0.3 is 9.84 Å². The first-order chi connectivity index (χ1) is 7.39. The molecule has 0 aliphatic carbocycles. The second-order valence-corrected chi connectivity index (χ2v) is 3.97. The number of rotatable bonds is 4. The highest BCUT2D eigenvalue weighted by molar-refractivity contribution is 6.30. The zero-order valence-corrected chi connectivity index (χ0v) is 9.71. The molecule has 0 bridgehead atoms. The topological polar surface area (TPSA) is 46.5 Å². The second-order valence-electron chi connectivity index (χ2n) is 3.57. The van der Waals surface area contributed by atoms with E-state index in [2.05, 4.69) is 0 Å². The number of carboxylic acids is 1. The lowest BCUT2D eigenvalue weighted by atomic mass is 10.0. The van der Waals surface area contributed by atoms with Crippen LogP contribution < -0.4 is 4.74 Å². The van der Waals surface area contributed by atoms with Crippen molar-refractivity contribution in [3.8, 4) is 5.75 Å². The Hall–Kier alpha value is -1.29. The van der Waals surface area contributed by atoms with Crippen LogP contribution in [0.25, 0.3) is 0 Å². The molecule has 0 aliphatic rings. The van der Waals surface area contributed by atoms with E-state index < -0.39 is 17.4 Å². The summed E-state index contributed by atoms with van der Waals surface area (Å²) in [7, 11) is 0. The molecule has 1 atom stereocenters. The van der Waals surface area contributed by atoms with E-state index in [1.807, 2.05) is 0 Å². The summed E-state index contributed by atoms with van der Waals surface area (Å²) in [5, 5.41) is 8.89. The van der Waals surface area contributed by atoms with Gasteiger partial charge in [-0.2, -0.15) is 0 Å². The van der Waals surface area contributed by atoms with Gasteiger partial charge >= 0.3 is 5.97 Å². The number of benzene rings is 1. The highest BCUT2D eigenvalue weighted by Crippen LogP contribution is 2.26. The van der Waals surface area contributed by atoms with Gasteiger partial charge in [-0.3, -0.25) is 0 Å². The van der Waals surface area contributed by atoms with E-state index in [1.165, 1.54) is 19.1 Å². The van der Waals surface area contributed by atoms with Gasteiger partial charge in [0.2, 0.25) is 5.60 Å². The molecular formula is C11H12ClFO3. The summed E-state index contributed by atoms with van der Waals surface area (Å²) in [5.41, 5.74) is -1.33. The van der Waals surface area contributed by atoms with Crippen molar-refractivity contribution in [3.63, 3.8) is 0 Å². The van der Waals surface area contributed by atoms with E-state index in [9.17, 15) is 9.18 Å². The number of carbonyl (C=O) groups is 1. The molecule has 88 valence electrons. The van der Waals surface area contributed by atoms with Crippen LogP contribution >= 0.6 is 11.6 Å². The molecule has 1 aromatic carbocycles. The Morgan fingerprint density at radius 3 is 2.69 bits per heavy atom. The van der Waals surface area contributed by atoms with Gasteiger partial charge in [-0.15, -0.1) is 0 Å². The fraction of sp³-hybridized carbons (Fsp3) is 0.364. The number of halogens is 2. The van der Waals surface area contributed by atoms with Gasteiger partial charge in [0.1, 0.15) is 11.6 Å². The van der Waals surface area contributed by atoms with Crippen molar-refractivity contribution in [2.45, 2.75) is 25.9 Å². The van der Waals surface area contributed by atoms with Crippen molar-refractivity contribution in [1.29, 1.82) is 0 Å². The Labute approximate surface area is 97.8 Å². The van der Waals surface area contributed by atoms with Crippen molar-refractivity contribution < 1.29 is 19.0 Å². The molecule has 1 unspecified atom stereocenters. The summed E-state index contributed by atoms with van der Waals surface area (Å²) in [6, 6.07) is 3.74. The van der Waals surface area contributed by atoms with Crippen LogP contribution in [0.15, 0.2) is 18.2 Å². The fourth-order valence-corrected chi connectivity index (χ4v) is 1.24. The van der Waals surface area contributed by atoms with E-state index in [1.54, 1.807) is 6.92 Å². The monoisotopic (exact) mass is 246 g/mol. The maximum Gasteiger partial charge on any atom is 0.347 e. The van der Waals surface area contributed by atoms with Gasteiger partial charge in [0.15, 0.2) is 0 Å².